The highest BCUT2D eigenvalue weighted by Gasteiger charge is 2.27. The van der Waals surface area contributed by atoms with E-state index in [1.807, 2.05) is 84.4 Å². The van der Waals surface area contributed by atoms with Crippen molar-refractivity contribution in [1.82, 2.24) is 19.7 Å². The average molecular weight is 455 g/mol. The van der Waals surface area contributed by atoms with Crippen molar-refractivity contribution in [1.29, 1.82) is 0 Å². The minimum absolute atomic E-state index is 0.0139. The molecule has 1 fully saturated rings. The van der Waals surface area contributed by atoms with E-state index in [1.165, 1.54) is 0 Å². The average Bonchev–Trinajstić information content (AvgIpc) is 3.32. The maximum atomic E-state index is 13.0. The van der Waals surface area contributed by atoms with Crippen LogP contribution in [0.25, 0.3) is 5.82 Å². The van der Waals surface area contributed by atoms with E-state index in [-0.39, 0.29) is 11.8 Å². The SMILES string of the molecule is Cc1nccn1-c1ccc(N2CCCC(C(=O)Nc3ccc(Oc4ccccc4)cc3)C2)nn1. The normalized spacial score (nSPS) is 15.7. The molecule has 0 radical (unpaired) electrons. The fourth-order valence-corrected chi connectivity index (χ4v) is 4.11. The van der Waals surface area contributed by atoms with E-state index in [0.717, 1.165) is 54.0 Å². The number of rotatable bonds is 6. The van der Waals surface area contributed by atoms with Gasteiger partial charge >= 0.3 is 0 Å². The first-order valence-electron chi connectivity index (χ1n) is 11.4. The number of carbonyl (C=O) groups excluding carboxylic acids is 1. The van der Waals surface area contributed by atoms with Crippen LogP contribution in [0.3, 0.4) is 0 Å². The molecule has 1 N–H and O–H groups in total. The summed E-state index contributed by atoms with van der Waals surface area (Å²) >= 11 is 0. The van der Waals surface area contributed by atoms with Crippen LogP contribution >= 0.6 is 0 Å². The number of piperidine rings is 1. The zero-order valence-corrected chi connectivity index (χ0v) is 19.0. The van der Waals surface area contributed by atoms with Gasteiger partial charge in [-0.3, -0.25) is 9.36 Å². The molecule has 1 atom stereocenters. The van der Waals surface area contributed by atoms with Crippen LogP contribution in [-0.4, -0.2) is 38.7 Å². The standard InChI is InChI=1S/C26H26N6O2/c1-19-27-15-17-32(19)25-14-13-24(29-30-25)31-16-5-6-20(18-31)26(33)28-21-9-11-23(12-10-21)34-22-7-3-2-4-8-22/h2-4,7-15,17,20H,5-6,16,18H2,1H3,(H,28,33). The number of ether oxygens (including phenoxy) is 1. The van der Waals surface area contributed by atoms with Crippen molar-refractivity contribution in [3.8, 4) is 17.3 Å². The molecule has 8 heteroatoms. The Balaban J connectivity index is 1.19. The number of nitrogens with zero attached hydrogens (tertiary/aromatic N) is 5. The lowest BCUT2D eigenvalue weighted by atomic mass is 9.97. The van der Waals surface area contributed by atoms with Crippen molar-refractivity contribution in [2.75, 3.05) is 23.3 Å². The number of amides is 1. The molecule has 5 rings (SSSR count). The molecule has 2 aromatic carbocycles. The number of aromatic nitrogens is 4. The van der Waals surface area contributed by atoms with Gasteiger partial charge in [0.1, 0.15) is 17.3 Å². The molecule has 34 heavy (non-hydrogen) atoms. The van der Waals surface area contributed by atoms with Crippen molar-refractivity contribution >= 4 is 17.4 Å². The molecule has 1 aliphatic heterocycles. The molecule has 8 nitrogen and oxygen atoms in total. The van der Waals surface area contributed by atoms with Gasteiger partial charge < -0.3 is 15.0 Å². The van der Waals surface area contributed by atoms with Gasteiger partial charge in [0.15, 0.2) is 11.6 Å². The topological polar surface area (TPSA) is 85.2 Å². The van der Waals surface area contributed by atoms with E-state index in [9.17, 15) is 4.79 Å². The molecule has 0 aliphatic carbocycles. The van der Waals surface area contributed by atoms with Crippen molar-refractivity contribution < 1.29 is 9.53 Å². The maximum absolute atomic E-state index is 13.0. The van der Waals surface area contributed by atoms with Gasteiger partial charge in [-0.15, -0.1) is 10.2 Å². The molecule has 1 amide bonds. The summed E-state index contributed by atoms with van der Waals surface area (Å²) in [6.07, 6.45) is 5.37. The quantitative estimate of drug-likeness (QED) is 0.458. The molecule has 1 aliphatic rings. The van der Waals surface area contributed by atoms with Crippen LogP contribution in [0.1, 0.15) is 18.7 Å². The number of aryl methyl sites for hydroxylation is 1. The Morgan fingerprint density at radius 1 is 0.971 bits per heavy atom. The van der Waals surface area contributed by atoms with Gasteiger partial charge in [-0.1, -0.05) is 18.2 Å². The minimum atomic E-state index is -0.119. The number of hydrogen-bond donors (Lipinski definition) is 1. The molecule has 172 valence electrons. The maximum Gasteiger partial charge on any atom is 0.229 e. The van der Waals surface area contributed by atoms with Crippen molar-refractivity contribution in [2.45, 2.75) is 19.8 Å². The highest BCUT2D eigenvalue weighted by molar-refractivity contribution is 5.93. The Bertz CT molecular complexity index is 1240. The second-order valence-corrected chi connectivity index (χ2v) is 8.31. The monoisotopic (exact) mass is 454 g/mol. The van der Waals surface area contributed by atoms with Crippen LogP contribution < -0.4 is 15.0 Å². The number of benzene rings is 2. The van der Waals surface area contributed by atoms with Crippen LogP contribution in [0.15, 0.2) is 79.1 Å². The molecular formula is C26H26N6O2. The number of nitrogens with one attached hydrogen (secondary N) is 1. The second kappa shape index (κ2) is 9.74. The van der Waals surface area contributed by atoms with E-state index in [2.05, 4.69) is 25.4 Å². The fraction of sp³-hybridized carbons (Fsp3) is 0.231. The number of anilines is 2. The van der Waals surface area contributed by atoms with Crippen LogP contribution in [0.4, 0.5) is 11.5 Å². The molecule has 2 aromatic heterocycles. The van der Waals surface area contributed by atoms with Gasteiger partial charge in [-0.25, -0.2) is 4.98 Å². The molecular weight excluding hydrogens is 428 g/mol. The Labute approximate surface area is 198 Å². The summed E-state index contributed by atoms with van der Waals surface area (Å²) in [5.41, 5.74) is 0.752. The van der Waals surface area contributed by atoms with E-state index in [1.54, 1.807) is 6.20 Å². The number of imidazole rings is 1. The summed E-state index contributed by atoms with van der Waals surface area (Å²) in [4.78, 5) is 19.3. The van der Waals surface area contributed by atoms with Gasteiger partial charge in [0.05, 0.1) is 5.92 Å². The Morgan fingerprint density at radius 3 is 2.41 bits per heavy atom. The summed E-state index contributed by atoms with van der Waals surface area (Å²) in [5.74, 6) is 3.76. The first-order valence-corrected chi connectivity index (χ1v) is 11.4. The Hall–Kier alpha value is -4.20. The lowest BCUT2D eigenvalue weighted by molar-refractivity contribution is -0.120. The lowest BCUT2D eigenvalue weighted by Gasteiger charge is -2.32. The predicted octanol–water partition coefficient (Wildman–Crippen LogP) is 4.62. The first-order chi connectivity index (χ1) is 16.7. The molecule has 1 unspecified atom stereocenters. The van der Waals surface area contributed by atoms with Gasteiger partial charge in [-0.2, -0.15) is 0 Å². The molecule has 3 heterocycles. The van der Waals surface area contributed by atoms with Crippen LogP contribution in [0, 0.1) is 12.8 Å². The van der Waals surface area contributed by atoms with Gasteiger partial charge in [0.2, 0.25) is 5.91 Å². The third-order valence-electron chi connectivity index (χ3n) is 5.93. The van der Waals surface area contributed by atoms with E-state index < -0.39 is 0 Å². The zero-order valence-electron chi connectivity index (χ0n) is 19.0. The third kappa shape index (κ3) is 4.91. The molecule has 0 saturated carbocycles. The molecule has 1 saturated heterocycles. The van der Waals surface area contributed by atoms with E-state index in [0.29, 0.717) is 6.54 Å². The summed E-state index contributed by atoms with van der Waals surface area (Å²) < 4.78 is 7.71. The van der Waals surface area contributed by atoms with Crippen molar-refractivity contribution in [3.05, 3.63) is 84.9 Å². The molecule has 4 aromatic rings. The minimum Gasteiger partial charge on any atom is -0.457 e. The molecule has 0 bridgehead atoms. The van der Waals surface area contributed by atoms with Crippen molar-refractivity contribution in [2.24, 2.45) is 5.92 Å². The highest BCUT2D eigenvalue weighted by Crippen LogP contribution is 2.25. The Kier molecular flexibility index (Phi) is 6.20. The number of hydrogen-bond acceptors (Lipinski definition) is 6. The van der Waals surface area contributed by atoms with E-state index >= 15 is 0 Å². The predicted molar refractivity (Wildman–Crippen MR) is 130 cm³/mol. The fourth-order valence-electron chi connectivity index (χ4n) is 4.11. The van der Waals surface area contributed by atoms with Crippen LogP contribution in [0.5, 0.6) is 11.5 Å². The second-order valence-electron chi connectivity index (χ2n) is 8.31. The summed E-state index contributed by atoms with van der Waals surface area (Å²) in [5, 5.41) is 11.8. The van der Waals surface area contributed by atoms with Gasteiger partial charge in [0, 0.05) is 31.2 Å². The smallest absolute Gasteiger partial charge is 0.229 e. The molecule has 0 spiro atoms. The summed E-state index contributed by atoms with van der Waals surface area (Å²) in [7, 11) is 0. The number of para-hydroxylation sites is 1. The lowest BCUT2D eigenvalue weighted by Crippen LogP contribution is -2.41. The number of carbonyl (C=O) groups is 1. The third-order valence-corrected chi connectivity index (χ3v) is 5.93. The Morgan fingerprint density at radius 2 is 1.71 bits per heavy atom. The largest absolute Gasteiger partial charge is 0.457 e. The van der Waals surface area contributed by atoms with Crippen LogP contribution in [0.2, 0.25) is 0 Å². The summed E-state index contributed by atoms with van der Waals surface area (Å²) in [6.45, 7) is 3.39. The zero-order chi connectivity index (χ0) is 23.3. The van der Waals surface area contributed by atoms with Crippen molar-refractivity contribution in [3.63, 3.8) is 0 Å². The summed E-state index contributed by atoms with van der Waals surface area (Å²) in [6, 6.07) is 20.9. The first kappa shape index (κ1) is 21.6. The van der Waals surface area contributed by atoms with Crippen LogP contribution in [-0.2, 0) is 4.79 Å². The van der Waals surface area contributed by atoms with Gasteiger partial charge in [0.25, 0.3) is 0 Å². The van der Waals surface area contributed by atoms with Gasteiger partial charge in [-0.05, 0) is 68.3 Å². The van der Waals surface area contributed by atoms with E-state index in [4.69, 9.17) is 4.74 Å². The highest BCUT2D eigenvalue weighted by atomic mass is 16.5.